The van der Waals surface area contributed by atoms with Gasteiger partial charge in [0.25, 0.3) is 0 Å². The van der Waals surface area contributed by atoms with Crippen LogP contribution in [0, 0.1) is 5.92 Å². The smallest absolute Gasteiger partial charge is 0.0959 e. The Hall–Kier alpha value is -0.980. The van der Waals surface area contributed by atoms with Gasteiger partial charge >= 0.3 is 0 Å². The van der Waals surface area contributed by atoms with Crippen molar-refractivity contribution in [2.45, 2.75) is 26.7 Å². The predicted octanol–water partition coefficient (Wildman–Crippen LogP) is 3.45. The summed E-state index contributed by atoms with van der Waals surface area (Å²) >= 11 is 0. The molecule has 1 aliphatic rings. The summed E-state index contributed by atoms with van der Waals surface area (Å²) in [4.78, 5) is 0. The van der Waals surface area contributed by atoms with Crippen molar-refractivity contribution in [2.75, 3.05) is 7.11 Å². The SMILES string of the molecule is CCC1=C/C/C(OC)=C\C(C)\C=C\1. The molecule has 1 nitrogen and oxygen atoms in total. The molecule has 1 atom stereocenters. The van der Waals surface area contributed by atoms with Gasteiger partial charge in [0, 0.05) is 6.42 Å². The second kappa shape index (κ2) is 4.90. The van der Waals surface area contributed by atoms with E-state index in [0.717, 1.165) is 18.6 Å². The van der Waals surface area contributed by atoms with Crippen LogP contribution in [-0.4, -0.2) is 7.11 Å². The Morgan fingerprint density at radius 2 is 2.31 bits per heavy atom. The molecule has 0 aliphatic heterocycles. The summed E-state index contributed by atoms with van der Waals surface area (Å²) in [5.41, 5.74) is 1.40. The van der Waals surface area contributed by atoms with E-state index in [2.05, 4.69) is 38.2 Å². The fourth-order valence-electron chi connectivity index (χ4n) is 1.41. The third-order valence-electron chi connectivity index (χ3n) is 2.30. The topological polar surface area (TPSA) is 9.23 Å². The lowest BCUT2D eigenvalue weighted by atomic mass is 10.0. The molecule has 0 aromatic carbocycles. The van der Waals surface area contributed by atoms with E-state index in [4.69, 9.17) is 4.74 Å². The molecule has 1 heteroatoms. The Balaban J connectivity index is 2.81. The molecule has 0 saturated heterocycles. The predicted molar refractivity (Wildman–Crippen MR) is 56.4 cm³/mol. The van der Waals surface area contributed by atoms with E-state index in [0.29, 0.717) is 5.92 Å². The lowest BCUT2D eigenvalue weighted by Gasteiger charge is -2.10. The van der Waals surface area contributed by atoms with Crippen LogP contribution in [0.2, 0.25) is 0 Å². The van der Waals surface area contributed by atoms with Crippen LogP contribution in [0.15, 0.2) is 35.6 Å². The van der Waals surface area contributed by atoms with Crippen molar-refractivity contribution in [2.24, 2.45) is 5.92 Å². The average Bonchev–Trinajstić information content (AvgIpc) is 2.12. The number of methoxy groups -OCH3 is 1. The minimum Gasteiger partial charge on any atom is -0.501 e. The highest BCUT2D eigenvalue weighted by Gasteiger charge is 2.02. The highest BCUT2D eigenvalue weighted by molar-refractivity contribution is 5.24. The van der Waals surface area contributed by atoms with E-state index in [1.165, 1.54) is 5.57 Å². The van der Waals surface area contributed by atoms with Gasteiger partial charge in [-0.2, -0.15) is 0 Å². The molecule has 0 fully saturated rings. The third kappa shape index (κ3) is 3.10. The van der Waals surface area contributed by atoms with Gasteiger partial charge in [-0.1, -0.05) is 37.6 Å². The maximum atomic E-state index is 5.27. The van der Waals surface area contributed by atoms with Crippen molar-refractivity contribution in [1.29, 1.82) is 0 Å². The summed E-state index contributed by atoms with van der Waals surface area (Å²) in [6.07, 6.45) is 10.9. The van der Waals surface area contributed by atoms with Crippen molar-refractivity contribution < 1.29 is 4.74 Å². The second-order valence-electron chi connectivity index (χ2n) is 3.39. The monoisotopic (exact) mass is 178 g/mol. The molecule has 0 bridgehead atoms. The summed E-state index contributed by atoms with van der Waals surface area (Å²) in [6, 6.07) is 0. The van der Waals surface area contributed by atoms with Gasteiger partial charge in [0.05, 0.1) is 12.9 Å². The Morgan fingerprint density at radius 3 is 2.92 bits per heavy atom. The Bertz CT molecular complexity index is 246. The van der Waals surface area contributed by atoms with Gasteiger partial charge in [-0.25, -0.2) is 0 Å². The summed E-state index contributed by atoms with van der Waals surface area (Å²) in [5, 5.41) is 0. The molecule has 72 valence electrons. The number of hydrogen-bond donors (Lipinski definition) is 0. The van der Waals surface area contributed by atoms with E-state index in [1.807, 2.05) is 0 Å². The normalized spacial score (nSPS) is 33.3. The van der Waals surface area contributed by atoms with E-state index < -0.39 is 0 Å². The van der Waals surface area contributed by atoms with E-state index in [-0.39, 0.29) is 0 Å². The molecule has 0 saturated carbocycles. The first-order valence-corrected chi connectivity index (χ1v) is 4.88. The van der Waals surface area contributed by atoms with Crippen LogP contribution in [0.5, 0.6) is 0 Å². The molecule has 0 heterocycles. The minimum atomic E-state index is 0.477. The lowest BCUT2D eigenvalue weighted by Crippen LogP contribution is -1.94. The summed E-state index contributed by atoms with van der Waals surface area (Å²) in [6.45, 7) is 4.35. The number of rotatable bonds is 2. The summed E-state index contributed by atoms with van der Waals surface area (Å²) in [7, 11) is 1.74. The van der Waals surface area contributed by atoms with Crippen LogP contribution in [0.1, 0.15) is 26.7 Å². The maximum absolute atomic E-state index is 5.27. The van der Waals surface area contributed by atoms with Gasteiger partial charge in [-0.05, 0) is 18.4 Å². The Labute approximate surface area is 80.8 Å². The molecule has 1 aliphatic carbocycles. The second-order valence-corrected chi connectivity index (χ2v) is 3.39. The molecular weight excluding hydrogens is 160 g/mol. The zero-order valence-electron chi connectivity index (χ0n) is 8.71. The van der Waals surface area contributed by atoms with Gasteiger partial charge < -0.3 is 4.74 Å². The van der Waals surface area contributed by atoms with Crippen molar-refractivity contribution in [3.05, 3.63) is 35.6 Å². The fraction of sp³-hybridized carbons (Fsp3) is 0.500. The molecule has 1 rings (SSSR count). The van der Waals surface area contributed by atoms with Crippen LogP contribution in [0.25, 0.3) is 0 Å². The molecule has 1 unspecified atom stereocenters. The summed E-state index contributed by atoms with van der Waals surface area (Å²) in [5.74, 6) is 1.55. The first-order valence-electron chi connectivity index (χ1n) is 4.88. The van der Waals surface area contributed by atoms with Crippen LogP contribution in [-0.2, 0) is 4.74 Å². The molecule has 13 heavy (non-hydrogen) atoms. The first-order chi connectivity index (χ1) is 6.26. The van der Waals surface area contributed by atoms with Gasteiger partial charge in [-0.3, -0.25) is 0 Å². The molecule has 0 aromatic heterocycles. The lowest BCUT2D eigenvalue weighted by molar-refractivity contribution is 0.281. The Kier molecular flexibility index (Phi) is 3.81. The average molecular weight is 178 g/mol. The molecule has 0 amide bonds. The minimum absolute atomic E-state index is 0.477. The first kappa shape index (κ1) is 10.1. The van der Waals surface area contributed by atoms with Crippen LogP contribution >= 0.6 is 0 Å². The molecule has 0 N–H and O–H groups in total. The fourth-order valence-corrected chi connectivity index (χ4v) is 1.41. The molecule has 0 radical (unpaired) electrons. The van der Waals surface area contributed by atoms with Crippen LogP contribution in [0.4, 0.5) is 0 Å². The number of ether oxygens (including phenoxy) is 1. The maximum Gasteiger partial charge on any atom is 0.0959 e. The van der Waals surface area contributed by atoms with Crippen molar-refractivity contribution in [3.8, 4) is 0 Å². The summed E-state index contributed by atoms with van der Waals surface area (Å²) < 4.78 is 5.27. The van der Waals surface area contributed by atoms with E-state index in [9.17, 15) is 0 Å². The zero-order valence-corrected chi connectivity index (χ0v) is 8.71. The van der Waals surface area contributed by atoms with Crippen LogP contribution < -0.4 is 0 Å². The molecular formula is C12H18O. The zero-order chi connectivity index (χ0) is 9.68. The van der Waals surface area contributed by atoms with Gasteiger partial charge in [0.2, 0.25) is 0 Å². The van der Waals surface area contributed by atoms with Gasteiger partial charge in [0.1, 0.15) is 0 Å². The Morgan fingerprint density at radius 1 is 1.54 bits per heavy atom. The van der Waals surface area contributed by atoms with Gasteiger partial charge in [0.15, 0.2) is 0 Å². The number of hydrogen-bond acceptors (Lipinski definition) is 1. The van der Waals surface area contributed by atoms with E-state index >= 15 is 0 Å². The van der Waals surface area contributed by atoms with E-state index in [1.54, 1.807) is 7.11 Å². The van der Waals surface area contributed by atoms with Gasteiger partial charge in [-0.15, -0.1) is 0 Å². The number of allylic oxidation sites excluding steroid dienone is 5. The van der Waals surface area contributed by atoms with Crippen molar-refractivity contribution >= 4 is 0 Å². The molecule has 0 spiro atoms. The standard InChI is InChI=1S/C12H18O/c1-4-11-6-5-10(2)9-12(13-3)8-7-11/h5-7,9-10H,4,8H2,1-3H3/b6-5+,11-7-,12-9+. The quantitative estimate of drug-likeness (QED) is 0.629. The highest BCUT2D eigenvalue weighted by Crippen LogP contribution is 2.17. The largest absolute Gasteiger partial charge is 0.501 e. The highest BCUT2D eigenvalue weighted by atomic mass is 16.5. The van der Waals surface area contributed by atoms with Crippen LogP contribution in [0.3, 0.4) is 0 Å². The van der Waals surface area contributed by atoms with Crippen molar-refractivity contribution in [1.82, 2.24) is 0 Å². The third-order valence-corrected chi connectivity index (χ3v) is 2.30. The molecule has 0 aromatic rings. The van der Waals surface area contributed by atoms with Crippen molar-refractivity contribution in [3.63, 3.8) is 0 Å².